The highest BCUT2D eigenvalue weighted by molar-refractivity contribution is 5.81. The molecule has 6 nitrogen and oxygen atoms in total. The van der Waals surface area contributed by atoms with Gasteiger partial charge in [-0.3, -0.25) is 14.6 Å². The minimum Gasteiger partial charge on any atom is -0.508 e. The first-order valence-corrected chi connectivity index (χ1v) is 12.6. The first-order chi connectivity index (χ1) is 16.9. The molecule has 2 aromatic carbocycles. The molecule has 0 aliphatic carbocycles. The quantitative estimate of drug-likeness (QED) is 0.309. The van der Waals surface area contributed by atoms with Crippen LogP contribution in [0.2, 0.25) is 0 Å². The smallest absolute Gasteiger partial charge is 0.303 e. The van der Waals surface area contributed by atoms with Crippen molar-refractivity contribution in [3.63, 3.8) is 0 Å². The number of nitrogens with zero attached hydrogens (tertiary/aromatic N) is 3. The summed E-state index contributed by atoms with van der Waals surface area (Å²) in [4.78, 5) is 15.8. The summed E-state index contributed by atoms with van der Waals surface area (Å²) in [6, 6.07) is 17.2. The first kappa shape index (κ1) is 25.0. The normalized spacial score (nSPS) is 20.2. The first-order valence-electron chi connectivity index (χ1n) is 12.6. The van der Waals surface area contributed by atoms with Crippen molar-refractivity contribution >= 4 is 16.9 Å². The third-order valence-corrected chi connectivity index (χ3v) is 7.19. The number of carbonyl (C=O) groups is 1. The number of hydrogen-bond donors (Lipinski definition) is 2. The van der Waals surface area contributed by atoms with E-state index in [1.54, 1.807) is 6.07 Å². The van der Waals surface area contributed by atoms with Crippen LogP contribution in [0.4, 0.5) is 0 Å². The molecule has 1 saturated heterocycles. The van der Waals surface area contributed by atoms with Crippen molar-refractivity contribution in [2.24, 2.45) is 0 Å². The summed E-state index contributed by atoms with van der Waals surface area (Å²) in [5.41, 5.74) is 3.47. The monoisotopic (exact) mass is 475 g/mol. The van der Waals surface area contributed by atoms with Crippen LogP contribution in [0.1, 0.15) is 50.3 Å². The number of hydrogen-bond acceptors (Lipinski definition) is 4. The number of rotatable bonds is 10. The lowest BCUT2D eigenvalue weighted by Gasteiger charge is -2.47. The second-order valence-corrected chi connectivity index (χ2v) is 9.81. The Morgan fingerprint density at radius 1 is 1.09 bits per heavy atom. The second-order valence-electron chi connectivity index (χ2n) is 9.81. The van der Waals surface area contributed by atoms with E-state index in [0.29, 0.717) is 18.5 Å². The molecule has 0 radical (unpaired) electrons. The molecular formula is C29H37N3O3. The van der Waals surface area contributed by atoms with Gasteiger partial charge in [-0.25, -0.2) is 0 Å². The van der Waals surface area contributed by atoms with Gasteiger partial charge in [-0.2, -0.15) is 0 Å². The number of fused-ring (bicyclic) bond motifs is 1. The van der Waals surface area contributed by atoms with Crippen molar-refractivity contribution < 1.29 is 15.0 Å². The fraction of sp³-hybridized carbons (Fsp3) is 0.414. The van der Waals surface area contributed by atoms with Gasteiger partial charge in [0.2, 0.25) is 0 Å². The van der Waals surface area contributed by atoms with E-state index in [-0.39, 0.29) is 18.2 Å². The van der Waals surface area contributed by atoms with Gasteiger partial charge in [0, 0.05) is 56.4 Å². The molecular weight excluding hydrogens is 438 g/mol. The van der Waals surface area contributed by atoms with Crippen LogP contribution < -0.4 is 0 Å². The number of phenols is 1. The maximum absolute atomic E-state index is 10.8. The van der Waals surface area contributed by atoms with Crippen molar-refractivity contribution in [1.82, 2.24) is 14.4 Å². The number of aromatic hydroxyl groups is 1. The van der Waals surface area contributed by atoms with Gasteiger partial charge in [0.25, 0.3) is 0 Å². The van der Waals surface area contributed by atoms with E-state index in [9.17, 15) is 9.90 Å². The molecule has 35 heavy (non-hydrogen) atoms. The second kappa shape index (κ2) is 11.1. The third kappa shape index (κ3) is 5.77. The predicted octanol–water partition coefficient (Wildman–Crippen LogP) is 5.27. The third-order valence-electron chi connectivity index (χ3n) is 7.19. The van der Waals surface area contributed by atoms with Gasteiger partial charge in [-0.1, -0.05) is 24.3 Å². The lowest BCUT2D eigenvalue weighted by molar-refractivity contribution is -0.137. The summed E-state index contributed by atoms with van der Waals surface area (Å²) in [6.45, 7) is 12.1. The molecule has 0 amide bonds. The molecule has 1 fully saturated rings. The molecule has 1 aromatic heterocycles. The van der Waals surface area contributed by atoms with E-state index >= 15 is 0 Å². The summed E-state index contributed by atoms with van der Waals surface area (Å²) in [6.07, 6.45) is 5.81. The van der Waals surface area contributed by atoms with Gasteiger partial charge in [-0.15, -0.1) is 6.58 Å². The van der Waals surface area contributed by atoms with Gasteiger partial charge in [-0.05, 0) is 73.5 Å². The van der Waals surface area contributed by atoms with Gasteiger partial charge >= 0.3 is 5.97 Å². The molecule has 3 aromatic rings. The number of aromatic nitrogens is 1. The number of carboxylic acids is 1. The van der Waals surface area contributed by atoms with Crippen molar-refractivity contribution in [2.45, 2.75) is 57.8 Å². The Morgan fingerprint density at radius 2 is 1.89 bits per heavy atom. The predicted molar refractivity (Wildman–Crippen MR) is 141 cm³/mol. The number of aryl methyl sites for hydroxylation is 1. The van der Waals surface area contributed by atoms with Crippen LogP contribution in [0.3, 0.4) is 0 Å². The fourth-order valence-electron chi connectivity index (χ4n) is 5.42. The molecule has 0 bridgehead atoms. The summed E-state index contributed by atoms with van der Waals surface area (Å²) in [5.74, 6) is -0.453. The Kier molecular flexibility index (Phi) is 7.93. The van der Waals surface area contributed by atoms with E-state index in [1.165, 1.54) is 10.9 Å². The summed E-state index contributed by atoms with van der Waals surface area (Å²) in [7, 11) is 0. The molecule has 0 unspecified atom stereocenters. The number of benzene rings is 2. The zero-order valence-corrected chi connectivity index (χ0v) is 20.8. The molecule has 0 spiro atoms. The molecule has 1 aliphatic heterocycles. The molecule has 186 valence electrons. The number of aliphatic carboxylic acids is 1. The Morgan fingerprint density at radius 3 is 2.63 bits per heavy atom. The molecule has 2 heterocycles. The Bertz CT molecular complexity index is 1170. The van der Waals surface area contributed by atoms with Gasteiger partial charge < -0.3 is 14.8 Å². The van der Waals surface area contributed by atoms with E-state index in [0.717, 1.165) is 43.7 Å². The summed E-state index contributed by atoms with van der Waals surface area (Å²) >= 11 is 0. The van der Waals surface area contributed by atoms with Gasteiger partial charge in [0.1, 0.15) is 5.75 Å². The fourth-order valence-corrected chi connectivity index (χ4v) is 5.42. The van der Waals surface area contributed by atoms with Crippen LogP contribution in [0, 0.1) is 0 Å². The minimum atomic E-state index is -0.737. The number of carboxylic acid groups (broad SMARTS) is 1. The highest BCUT2D eigenvalue weighted by Crippen LogP contribution is 2.36. The Hall–Kier alpha value is -3.09. The van der Waals surface area contributed by atoms with E-state index in [1.807, 2.05) is 18.2 Å². The number of unbranched alkanes of at least 4 members (excludes halogenated alkanes) is 1. The zero-order valence-electron chi connectivity index (χ0n) is 20.8. The van der Waals surface area contributed by atoms with Crippen LogP contribution in [0.25, 0.3) is 10.9 Å². The lowest BCUT2D eigenvalue weighted by Crippen LogP contribution is -2.57. The highest BCUT2D eigenvalue weighted by Gasteiger charge is 2.34. The van der Waals surface area contributed by atoms with Crippen LogP contribution in [-0.4, -0.2) is 62.3 Å². The van der Waals surface area contributed by atoms with Crippen molar-refractivity contribution in [3.8, 4) is 5.75 Å². The van der Waals surface area contributed by atoms with Crippen LogP contribution >= 0.6 is 0 Å². The average Bonchev–Trinajstić information content (AvgIpc) is 3.22. The largest absolute Gasteiger partial charge is 0.508 e. The highest BCUT2D eigenvalue weighted by atomic mass is 16.4. The van der Waals surface area contributed by atoms with E-state index in [2.05, 4.69) is 71.3 Å². The Balaban J connectivity index is 1.64. The molecule has 1 aliphatic rings. The van der Waals surface area contributed by atoms with E-state index < -0.39 is 5.97 Å². The SMILES string of the molecule is C=CCN1C[C@H](C)N([C@@H](c2cccc(O)c2)c2ccc3c(ccn3CCCCC(=O)O)c2)C[C@H]1C. The summed E-state index contributed by atoms with van der Waals surface area (Å²) in [5, 5.41) is 20.3. The summed E-state index contributed by atoms with van der Waals surface area (Å²) < 4.78 is 2.21. The average molecular weight is 476 g/mol. The van der Waals surface area contributed by atoms with Crippen LogP contribution in [0.15, 0.2) is 67.4 Å². The van der Waals surface area contributed by atoms with Crippen molar-refractivity contribution in [2.75, 3.05) is 19.6 Å². The van der Waals surface area contributed by atoms with Crippen molar-refractivity contribution in [3.05, 3.63) is 78.5 Å². The lowest BCUT2D eigenvalue weighted by atomic mass is 9.92. The molecule has 3 atom stereocenters. The van der Waals surface area contributed by atoms with Gasteiger partial charge in [0.15, 0.2) is 0 Å². The van der Waals surface area contributed by atoms with E-state index in [4.69, 9.17) is 5.11 Å². The topological polar surface area (TPSA) is 68.9 Å². The van der Waals surface area contributed by atoms with Gasteiger partial charge in [0.05, 0.1) is 6.04 Å². The maximum atomic E-state index is 10.8. The van der Waals surface area contributed by atoms with Crippen LogP contribution in [0.5, 0.6) is 5.75 Å². The standard InChI is InChI=1S/C29H37N3O3/c1-4-14-31-19-22(3)32(20-21(31)2)29(24-8-7-9-26(33)18-24)25-11-12-27-23(17-25)13-16-30(27)15-6-5-10-28(34)35/h4,7-9,11-13,16-18,21-22,29,33H,1,5-6,10,14-15,19-20H2,2-3H3,(H,34,35)/t21-,22+,29+/m1/s1. The molecule has 6 heteroatoms. The minimum absolute atomic E-state index is 0.0359. The Labute approximate surface area is 208 Å². The van der Waals surface area contributed by atoms with Crippen molar-refractivity contribution in [1.29, 1.82) is 0 Å². The molecule has 4 rings (SSSR count). The van der Waals surface area contributed by atoms with Crippen LogP contribution in [-0.2, 0) is 11.3 Å². The molecule has 2 N–H and O–H groups in total. The maximum Gasteiger partial charge on any atom is 0.303 e. The number of piperazine rings is 1. The number of phenolic OH excluding ortho intramolecular Hbond substituents is 1. The zero-order chi connectivity index (χ0) is 24.9. The molecule has 0 saturated carbocycles.